The van der Waals surface area contributed by atoms with Crippen LogP contribution in [0, 0.1) is 6.92 Å². The van der Waals surface area contributed by atoms with Crippen molar-refractivity contribution in [1.29, 1.82) is 0 Å². The predicted octanol–water partition coefficient (Wildman–Crippen LogP) is 3.45. The fourth-order valence-corrected chi connectivity index (χ4v) is 3.52. The lowest BCUT2D eigenvalue weighted by molar-refractivity contribution is -0.116. The maximum absolute atomic E-state index is 11.7. The molecule has 0 aromatic carbocycles. The number of piperidine rings is 1. The summed E-state index contributed by atoms with van der Waals surface area (Å²) in [6.07, 6.45) is 8.55. The van der Waals surface area contributed by atoms with E-state index >= 15 is 0 Å². The Morgan fingerprint density at radius 1 is 1.48 bits per heavy atom. The summed E-state index contributed by atoms with van der Waals surface area (Å²) in [7, 11) is 0. The smallest absolute Gasteiger partial charge is 0.244 e. The molecular formula is C17H26N2OS. The Labute approximate surface area is 132 Å². The summed E-state index contributed by atoms with van der Waals surface area (Å²) in [6, 6.07) is 4.82. The molecule has 1 atom stereocenters. The van der Waals surface area contributed by atoms with Crippen molar-refractivity contribution >= 4 is 23.3 Å². The van der Waals surface area contributed by atoms with E-state index in [-0.39, 0.29) is 5.91 Å². The van der Waals surface area contributed by atoms with Gasteiger partial charge in [0.1, 0.15) is 0 Å². The number of nitrogens with one attached hydrogen (secondary N) is 1. The van der Waals surface area contributed by atoms with Gasteiger partial charge in [0, 0.05) is 35.0 Å². The van der Waals surface area contributed by atoms with E-state index in [9.17, 15) is 4.79 Å². The molecule has 1 aromatic rings. The third-order valence-corrected chi connectivity index (χ3v) is 4.99. The van der Waals surface area contributed by atoms with Gasteiger partial charge in [-0.25, -0.2) is 0 Å². The quantitative estimate of drug-likeness (QED) is 0.645. The molecule has 3 nitrogen and oxygen atoms in total. The highest BCUT2D eigenvalue weighted by atomic mass is 32.1. The van der Waals surface area contributed by atoms with Crippen molar-refractivity contribution in [2.45, 2.75) is 45.6 Å². The maximum Gasteiger partial charge on any atom is 0.244 e. The summed E-state index contributed by atoms with van der Waals surface area (Å²) in [5, 5.41) is 2.97. The standard InChI is InChI=1S/C17H26N2OS/c1-14-6-3-4-12-19(14)13-5-11-18-17(20)10-9-16-8-7-15(2)21-16/h7-10,14H,3-6,11-13H2,1-2H3,(H,18,20)/b10-9+/t14-/m0/s1. The van der Waals surface area contributed by atoms with Gasteiger partial charge < -0.3 is 10.2 Å². The minimum absolute atomic E-state index is 0.00717. The van der Waals surface area contributed by atoms with E-state index < -0.39 is 0 Å². The summed E-state index contributed by atoms with van der Waals surface area (Å²) in [6.45, 7) is 7.45. The van der Waals surface area contributed by atoms with Crippen LogP contribution in [-0.2, 0) is 4.79 Å². The summed E-state index contributed by atoms with van der Waals surface area (Å²) < 4.78 is 0. The first-order valence-corrected chi connectivity index (χ1v) is 8.73. The van der Waals surface area contributed by atoms with Crippen LogP contribution in [0.4, 0.5) is 0 Å². The molecule has 1 saturated heterocycles. The normalized spacial score (nSPS) is 20.0. The molecule has 1 fully saturated rings. The van der Waals surface area contributed by atoms with E-state index in [0.717, 1.165) is 24.4 Å². The number of nitrogens with zero attached hydrogens (tertiary/aromatic N) is 1. The van der Waals surface area contributed by atoms with Crippen LogP contribution in [0.25, 0.3) is 6.08 Å². The lowest BCUT2D eigenvalue weighted by atomic mass is 10.0. The molecule has 0 radical (unpaired) electrons. The van der Waals surface area contributed by atoms with Crippen molar-refractivity contribution in [3.63, 3.8) is 0 Å². The van der Waals surface area contributed by atoms with Crippen molar-refractivity contribution in [2.75, 3.05) is 19.6 Å². The van der Waals surface area contributed by atoms with Crippen molar-refractivity contribution in [2.24, 2.45) is 0 Å². The predicted molar refractivity (Wildman–Crippen MR) is 90.6 cm³/mol. The molecule has 0 saturated carbocycles. The first-order valence-electron chi connectivity index (χ1n) is 7.91. The van der Waals surface area contributed by atoms with Gasteiger partial charge >= 0.3 is 0 Å². The third kappa shape index (κ3) is 5.64. The lowest BCUT2D eigenvalue weighted by Crippen LogP contribution is -2.39. The van der Waals surface area contributed by atoms with Crippen LogP contribution in [0.2, 0.25) is 0 Å². The summed E-state index contributed by atoms with van der Waals surface area (Å²) in [4.78, 5) is 16.7. The molecule has 0 spiro atoms. The van der Waals surface area contributed by atoms with Gasteiger partial charge in [-0.15, -0.1) is 11.3 Å². The second-order valence-electron chi connectivity index (χ2n) is 5.81. The van der Waals surface area contributed by atoms with Crippen LogP contribution in [-0.4, -0.2) is 36.5 Å². The van der Waals surface area contributed by atoms with Crippen LogP contribution in [0.5, 0.6) is 0 Å². The number of thiophene rings is 1. The van der Waals surface area contributed by atoms with E-state index in [1.165, 1.54) is 30.7 Å². The Morgan fingerprint density at radius 3 is 3.05 bits per heavy atom. The zero-order chi connectivity index (χ0) is 15.1. The number of aryl methyl sites for hydroxylation is 1. The fraction of sp³-hybridized carbons (Fsp3) is 0.588. The summed E-state index contributed by atoms with van der Waals surface area (Å²) >= 11 is 1.70. The van der Waals surface area contributed by atoms with Crippen LogP contribution in [0.3, 0.4) is 0 Å². The minimum Gasteiger partial charge on any atom is -0.353 e. The molecule has 2 heterocycles. The Balaban J connectivity index is 1.62. The number of amides is 1. The van der Waals surface area contributed by atoms with Gasteiger partial charge in [-0.05, 0) is 57.9 Å². The summed E-state index contributed by atoms with van der Waals surface area (Å²) in [5.74, 6) is 0.00717. The SMILES string of the molecule is Cc1ccc(/C=C/C(=O)NCCCN2CCCC[C@@H]2C)s1. The van der Waals surface area contributed by atoms with Gasteiger partial charge in [-0.1, -0.05) is 6.42 Å². The fourth-order valence-electron chi connectivity index (χ4n) is 2.74. The average molecular weight is 306 g/mol. The molecule has 0 aliphatic carbocycles. The molecule has 0 bridgehead atoms. The van der Waals surface area contributed by atoms with Crippen molar-refractivity contribution in [3.05, 3.63) is 28.0 Å². The number of carbonyl (C=O) groups excluding carboxylic acids is 1. The molecule has 2 rings (SSSR count). The second-order valence-corrected chi connectivity index (χ2v) is 7.13. The number of hydrogen-bond acceptors (Lipinski definition) is 3. The lowest BCUT2D eigenvalue weighted by Gasteiger charge is -2.33. The Bertz CT molecular complexity index is 481. The molecule has 116 valence electrons. The van der Waals surface area contributed by atoms with Crippen LogP contribution < -0.4 is 5.32 Å². The van der Waals surface area contributed by atoms with E-state index in [1.807, 2.05) is 12.1 Å². The zero-order valence-electron chi connectivity index (χ0n) is 13.1. The molecule has 4 heteroatoms. The van der Waals surface area contributed by atoms with Gasteiger partial charge in [-0.2, -0.15) is 0 Å². The summed E-state index contributed by atoms with van der Waals surface area (Å²) in [5.41, 5.74) is 0. The molecule has 21 heavy (non-hydrogen) atoms. The highest BCUT2D eigenvalue weighted by molar-refractivity contribution is 7.12. The van der Waals surface area contributed by atoms with Gasteiger partial charge in [0.25, 0.3) is 0 Å². The number of carbonyl (C=O) groups is 1. The van der Waals surface area contributed by atoms with Crippen molar-refractivity contribution < 1.29 is 4.79 Å². The second kappa shape index (κ2) is 8.35. The Kier molecular flexibility index (Phi) is 6.46. The van der Waals surface area contributed by atoms with E-state index in [1.54, 1.807) is 17.4 Å². The van der Waals surface area contributed by atoms with E-state index in [4.69, 9.17) is 0 Å². The van der Waals surface area contributed by atoms with E-state index in [2.05, 4.69) is 30.1 Å². The molecule has 1 aliphatic rings. The average Bonchev–Trinajstić information content (AvgIpc) is 2.89. The van der Waals surface area contributed by atoms with Gasteiger partial charge in [0.2, 0.25) is 5.91 Å². The molecule has 1 aliphatic heterocycles. The monoisotopic (exact) mass is 306 g/mol. The van der Waals surface area contributed by atoms with Gasteiger partial charge in [0.15, 0.2) is 0 Å². The zero-order valence-corrected chi connectivity index (χ0v) is 13.9. The topological polar surface area (TPSA) is 32.3 Å². The van der Waals surface area contributed by atoms with Crippen LogP contribution in [0.1, 0.15) is 42.4 Å². The molecule has 0 unspecified atom stereocenters. The minimum atomic E-state index is 0.00717. The third-order valence-electron chi connectivity index (χ3n) is 4.02. The first kappa shape index (κ1) is 16.2. The Hall–Kier alpha value is -1.13. The number of rotatable bonds is 6. The highest BCUT2D eigenvalue weighted by Gasteiger charge is 2.16. The molecule has 1 amide bonds. The Morgan fingerprint density at radius 2 is 2.33 bits per heavy atom. The van der Waals surface area contributed by atoms with Gasteiger partial charge in [-0.3, -0.25) is 4.79 Å². The first-order chi connectivity index (χ1) is 10.1. The number of hydrogen-bond donors (Lipinski definition) is 1. The number of likely N-dealkylation sites (tertiary alicyclic amines) is 1. The largest absolute Gasteiger partial charge is 0.353 e. The van der Waals surface area contributed by atoms with Gasteiger partial charge in [0.05, 0.1) is 0 Å². The van der Waals surface area contributed by atoms with Crippen LogP contribution >= 0.6 is 11.3 Å². The van der Waals surface area contributed by atoms with E-state index in [0.29, 0.717) is 6.04 Å². The van der Waals surface area contributed by atoms with Crippen LogP contribution in [0.15, 0.2) is 18.2 Å². The van der Waals surface area contributed by atoms with Crippen molar-refractivity contribution in [1.82, 2.24) is 10.2 Å². The molecule has 1 aromatic heterocycles. The molecular weight excluding hydrogens is 280 g/mol. The molecule has 1 N–H and O–H groups in total. The maximum atomic E-state index is 11.7. The highest BCUT2D eigenvalue weighted by Crippen LogP contribution is 2.17. The van der Waals surface area contributed by atoms with Crippen molar-refractivity contribution in [3.8, 4) is 0 Å².